The summed E-state index contributed by atoms with van der Waals surface area (Å²) in [5.74, 6) is -0.833. The van der Waals surface area contributed by atoms with Crippen molar-refractivity contribution in [1.82, 2.24) is 4.90 Å². The first-order valence-electron chi connectivity index (χ1n) is 9.44. The molecule has 3 atom stereocenters. The third-order valence-corrected chi connectivity index (χ3v) is 5.09. The Morgan fingerprint density at radius 3 is 2.56 bits per heavy atom. The topological polar surface area (TPSA) is 49.8 Å². The van der Waals surface area contributed by atoms with Crippen molar-refractivity contribution < 1.29 is 14.6 Å². The fourth-order valence-electron chi connectivity index (χ4n) is 3.44. The van der Waals surface area contributed by atoms with Crippen LogP contribution in [0.4, 0.5) is 0 Å². The first-order valence-corrected chi connectivity index (χ1v) is 9.44. The van der Waals surface area contributed by atoms with Gasteiger partial charge < -0.3 is 14.7 Å². The van der Waals surface area contributed by atoms with Gasteiger partial charge in [-0.05, 0) is 43.8 Å². The van der Waals surface area contributed by atoms with Crippen molar-refractivity contribution in [2.45, 2.75) is 45.1 Å². The number of esters is 1. The highest BCUT2D eigenvalue weighted by Crippen LogP contribution is 2.32. The van der Waals surface area contributed by atoms with Gasteiger partial charge in [0, 0.05) is 6.54 Å². The summed E-state index contributed by atoms with van der Waals surface area (Å²) in [6, 6.07) is 9.52. The average Bonchev–Trinajstić information content (AvgIpc) is 2.67. The van der Waals surface area contributed by atoms with E-state index in [0.717, 1.165) is 44.5 Å². The van der Waals surface area contributed by atoms with E-state index in [1.807, 2.05) is 30.3 Å². The number of rotatable bonds is 9. The Balaban J connectivity index is 2.06. The molecule has 1 aromatic carbocycles. The summed E-state index contributed by atoms with van der Waals surface area (Å²) in [6.07, 6.45) is 6.22. The van der Waals surface area contributed by atoms with Crippen LogP contribution in [0, 0.1) is 5.92 Å². The molecule has 0 saturated carbocycles. The molecule has 1 aliphatic carbocycles. The molecule has 4 heteroatoms. The van der Waals surface area contributed by atoms with Crippen LogP contribution in [0.5, 0.6) is 0 Å². The highest BCUT2D eigenvalue weighted by molar-refractivity contribution is 5.79. The standard InChI is InChI=1S/C21H31NO3/c1-3-22(4-2)15-16-25-21(24)19(17-11-7-5-8-12-17)20(23)18-13-9-6-10-14-18/h5-9,11-12,18-20,23H,3-4,10,13-16H2,1-2H3. The molecule has 0 radical (unpaired) electrons. The summed E-state index contributed by atoms with van der Waals surface area (Å²) in [5.41, 5.74) is 0.831. The van der Waals surface area contributed by atoms with Crippen LogP contribution in [0.2, 0.25) is 0 Å². The lowest BCUT2D eigenvalue weighted by Gasteiger charge is -2.30. The number of nitrogens with zero attached hydrogens (tertiary/aromatic N) is 1. The second-order valence-corrected chi connectivity index (χ2v) is 6.62. The lowest BCUT2D eigenvalue weighted by Crippen LogP contribution is -2.35. The van der Waals surface area contributed by atoms with Crippen molar-refractivity contribution in [3.63, 3.8) is 0 Å². The van der Waals surface area contributed by atoms with Gasteiger partial charge in [0.15, 0.2) is 0 Å². The van der Waals surface area contributed by atoms with Gasteiger partial charge in [-0.3, -0.25) is 4.79 Å². The van der Waals surface area contributed by atoms with Gasteiger partial charge in [-0.2, -0.15) is 0 Å². The van der Waals surface area contributed by atoms with E-state index < -0.39 is 12.0 Å². The molecular formula is C21H31NO3. The molecule has 1 aliphatic rings. The van der Waals surface area contributed by atoms with Crippen molar-refractivity contribution >= 4 is 5.97 Å². The van der Waals surface area contributed by atoms with E-state index in [1.165, 1.54) is 0 Å². The van der Waals surface area contributed by atoms with E-state index in [4.69, 9.17) is 4.74 Å². The predicted molar refractivity (Wildman–Crippen MR) is 100 cm³/mol. The van der Waals surface area contributed by atoms with E-state index in [2.05, 4.69) is 30.9 Å². The first-order chi connectivity index (χ1) is 12.2. The van der Waals surface area contributed by atoms with Gasteiger partial charge >= 0.3 is 5.97 Å². The number of carbonyl (C=O) groups excluding carboxylic acids is 1. The van der Waals surface area contributed by atoms with Gasteiger partial charge in [-0.1, -0.05) is 56.3 Å². The molecule has 0 fully saturated rings. The van der Waals surface area contributed by atoms with E-state index in [-0.39, 0.29) is 11.9 Å². The molecular weight excluding hydrogens is 314 g/mol. The predicted octanol–water partition coefficient (Wildman–Crippen LogP) is 3.37. The Morgan fingerprint density at radius 2 is 1.96 bits per heavy atom. The quantitative estimate of drug-likeness (QED) is 0.551. The number of aliphatic hydroxyl groups excluding tert-OH is 1. The van der Waals surface area contributed by atoms with Gasteiger partial charge in [-0.15, -0.1) is 0 Å². The molecule has 0 spiro atoms. The van der Waals surface area contributed by atoms with Crippen LogP contribution < -0.4 is 0 Å². The fraction of sp³-hybridized carbons (Fsp3) is 0.571. The molecule has 1 N–H and O–H groups in total. The Morgan fingerprint density at radius 1 is 1.24 bits per heavy atom. The Labute approximate surface area is 151 Å². The lowest BCUT2D eigenvalue weighted by molar-refractivity contribution is -0.150. The van der Waals surface area contributed by atoms with Crippen LogP contribution in [0.1, 0.15) is 44.6 Å². The van der Waals surface area contributed by atoms with E-state index >= 15 is 0 Å². The molecule has 2 rings (SSSR count). The molecule has 25 heavy (non-hydrogen) atoms. The molecule has 0 bridgehead atoms. The van der Waals surface area contributed by atoms with Crippen molar-refractivity contribution in [3.8, 4) is 0 Å². The molecule has 0 aromatic heterocycles. The molecule has 0 heterocycles. The fourth-order valence-corrected chi connectivity index (χ4v) is 3.44. The molecule has 138 valence electrons. The molecule has 1 aromatic rings. The van der Waals surface area contributed by atoms with Crippen LogP contribution in [-0.2, 0) is 9.53 Å². The van der Waals surface area contributed by atoms with Crippen LogP contribution in [0.15, 0.2) is 42.5 Å². The van der Waals surface area contributed by atoms with Crippen molar-refractivity contribution in [2.75, 3.05) is 26.2 Å². The second kappa shape index (κ2) is 10.4. The van der Waals surface area contributed by atoms with E-state index in [1.54, 1.807) is 0 Å². The molecule has 0 saturated heterocycles. The number of ether oxygens (including phenoxy) is 1. The number of aliphatic hydroxyl groups is 1. The zero-order valence-corrected chi connectivity index (χ0v) is 15.4. The number of benzene rings is 1. The number of carbonyl (C=O) groups is 1. The monoisotopic (exact) mass is 345 g/mol. The SMILES string of the molecule is CCN(CC)CCOC(=O)C(c1ccccc1)C(O)C1CC=CCC1. The second-order valence-electron chi connectivity index (χ2n) is 6.62. The average molecular weight is 345 g/mol. The third kappa shape index (κ3) is 5.68. The normalized spacial score (nSPS) is 19.6. The summed E-state index contributed by atoms with van der Waals surface area (Å²) in [5, 5.41) is 10.9. The number of hydrogen-bond acceptors (Lipinski definition) is 4. The van der Waals surface area contributed by atoms with Gasteiger partial charge in [0.25, 0.3) is 0 Å². The van der Waals surface area contributed by atoms with Gasteiger partial charge in [0.1, 0.15) is 12.5 Å². The van der Waals surface area contributed by atoms with E-state index in [9.17, 15) is 9.90 Å². The minimum atomic E-state index is -0.715. The number of allylic oxidation sites excluding steroid dienone is 2. The lowest BCUT2D eigenvalue weighted by atomic mass is 9.80. The van der Waals surface area contributed by atoms with Crippen molar-refractivity contribution in [1.29, 1.82) is 0 Å². The van der Waals surface area contributed by atoms with Crippen molar-refractivity contribution in [3.05, 3.63) is 48.0 Å². The maximum atomic E-state index is 12.8. The van der Waals surface area contributed by atoms with Gasteiger partial charge in [0.05, 0.1) is 6.10 Å². The summed E-state index contributed by atoms with van der Waals surface area (Å²) in [7, 11) is 0. The van der Waals surface area contributed by atoms with Crippen LogP contribution in [0.3, 0.4) is 0 Å². The number of likely N-dealkylation sites (N-methyl/N-ethyl adjacent to an activating group) is 1. The highest BCUT2D eigenvalue weighted by atomic mass is 16.5. The smallest absolute Gasteiger partial charge is 0.316 e. The maximum absolute atomic E-state index is 12.8. The van der Waals surface area contributed by atoms with Gasteiger partial charge in [-0.25, -0.2) is 0 Å². The third-order valence-electron chi connectivity index (χ3n) is 5.09. The van der Waals surface area contributed by atoms with Gasteiger partial charge in [0.2, 0.25) is 0 Å². The first kappa shape index (κ1) is 19.7. The summed E-state index contributed by atoms with van der Waals surface area (Å²) in [4.78, 5) is 15.0. The van der Waals surface area contributed by atoms with Crippen molar-refractivity contribution in [2.24, 2.45) is 5.92 Å². The summed E-state index contributed by atoms with van der Waals surface area (Å²) >= 11 is 0. The number of hydrogen-bond donors (Lipinski definition) is 1. The zero-order valence-electron chi connectivity index (χ0n) is 15.4. The molecule has 4 nitrogen and oxygen atoms in total. The summed E-state index contributed by atoms with van der Waals surface area (Å²) in [6.45, 7) is 7.15. The summed E-state index contributed by atoms with van der Waals surface area (Å²) < 4.78 is 5.55. The minimum absolute atomic E-state index is 0.102. The molecule has 3 unspecified atom stereocenters. The van der Waals surface area contributed by atoms with Crippen LogP contribution in [0.25, 0.3) is 0 Å². The maximum Gasteiger partial charge on any atom is 0.316 e. The van der Waals surface area contributed by atoms with Crippen LogP contribution in [-0.4, -0.2) is 48.3 Å². The molecule has 0 aliphatic heterocycles. The minimum Gasteiger partial charge on any atom is -0.464 e. The Hall–Kier alpha value is -1.65. The molecule has 0 amide bonds. The van der Waals surface area contributed by atoms with E-state index in [0.29, 0.717) is 6.61 Å². The van der Waals surface area contributed by atoms with Crippen LogP contribution >= 0.6 is 0 Å². The largest absolute Gasteiger partial charge is 0.464 e. The highest BCUT2D eigenvalue weighted by Gasteiger charge is 2.35. The Bertz CT molecular complexity index is 539. The Kier molecular flexibility index (Phi) is 8.16. The zero-order chi connectivity index (χ0) is 18.1.